The van der Waals surface area contributed by atoms with Gasteiger partial charge in [0.1, 0.15) is 0 Å². The van der Waals surface area contributed by atoms with Gasteiger partial charge in [0.05, 0.1) is 0 Å². The predicted octanol–water partition coefficient (Wildman–Crippen LogP) is 4.13. The molecule has 2 atom stereocenters. The number of hydrogen-bond donors (Lipinski definition) is 0. The first-order chi connectivity index (χ1) is 5.29. The highest BCUT2D eigenvalue weighted by Gasteiger charge is 2.09. The van der Waals surface area contributed by atoms with Crippen molar-refractivity contribution in [1.29, 1.82) is 0 Å². The van der Waals surface area contributed by atoms with E-state index < -0.39 is 0 Å². The van der Waals surface area contributed by atoms with Gasteiger partial charge in [0.25, 0.3) is 0 Å². The van der Waals surface area contributed by atoms with Gasteiger partial charge in [0.15, 0.2) is 0 Å². The van der Waals surface area contributed by atoms with Crippen LogP contribution in [0.2, 0.25) is 0 Å². The van der Waals surface area contributed by atoms with E-state index in [4.69, 9.17) is 0 Å². The summed E-state index contributed by atoms with van der Waals surface area (Å²) in [4.78, 5) is 0.813. The number of hydrogen-bond acceptors (Lipinski definition) is 0. The molecule has 1 heteroatoms. The summed E-state index contributed by atoms with van der Waals surface area (Å²) in [5.74, 6) is 0.979. The van der Waals surface area contributed by atoms with Gasteiger partial charge < -0.3 is 0 Å². The van der Waals surface area contributed by atoms with E-state index in [0.717, 1.165) is 10.7 Å². The van der Waals surface area contributed by atoms with Crippen molar-refractivity contribution in [3.05, 3.63) is 0 Å². The lowest BCUT2D eigenvalue weighted by Crippen LogP contribution is -1.96. The maximum Gasteiger partial charge on any atom is 0.0145 e. The van der Waals surface area contributed by atoms with Crippen molar-refractivity contribution in [2.45, 2.75) is 56.7 Å². The van der Waals surface area contributed by atoms with Crippen molar-refractivity contribution in [2.24, 2.45) is 5.92 Å². The highest BCUT2D eigenvalue weighted by Crippen LogP contribution is 2.24. The molecule has 0 aromatic carbocycles. The molecule has 11 heavy (non-hydrogen) atoms. The zero-order valence-electron chi connectivity index (χ0n) is 7.48. The van der Waals surface area contributed by atoms with Crippen molar-refractivity contribution in [3.8, 4) is 0 Å². The van der Waals surface area contributed by atoms with Gasteiger partial charge in [-0.15, -0.1) is 0 Å². The summed E-state index contributed by atoms with van der Waals surface area (Å²) in [5.41, 5.74) is 0. The van der Waals surface area contributed by atoms with Crippen LogP contribution in [0.1, 0.15) is 51.9 Å². The molecule has 1 aliphatic carbocycles. The summed E-state index contributed by atoms with van der Waals surface area (Å²) in [6.07, 6.45) is 10.00. The average Bonchev–Trinajstić information content (AvgIpc) is 2.04. The maximum absolute atomic E-state index is 3.73. The molecular formula is C10H19Br. The molecule has 1 fully saturated rings. The molecule has 0 amide bonds. The fourth-order valence-corrected chi connectivity index (χ4v) is 2.48. The average molecular weight is 219 g/mol. The van der Waals surface area contributed by atoms with Gasteiger partial charge in [-0.25, -0.2) is 0 Å². The van der Waals surface area contributed by atoms with Gasteiger partial charge in [0, 0.05) is 4.83 Å². The smallest absolute Gasteiger partial charge is 0.0145 e. The monoisotopic (exact) mass is 218 g/mol. The molecule has 1 aliphatic rings. The minimum Gasteiger partial charge on any atom is -0.0891 e. The van der Waals surface area contributed by atoms with Crippen LogP contribution in [0.4, 0.5) is 0 Å². The number of halogens is 1. The van der Waals surface area contributed by atoms with Crippen molar-refractivity contribution in [2.75, 3.05) is 0 Å². The quantitative estimate of drug-likeness (QED) is 0.537. The van der Waals surface area contributed by atoms with Crippen molar-refractivity contribution in [1.82, 2.24) is 0 Å². The summed E-state index contributed by atoms with van der Waals surface area (Å²) in [6, 6.07) is 0. The standard InChI is InChI=1S/C10H19Br/c1-9-5-2-3-7-10(11)8-4-6-9/h9-10H,2-8H2,1H3. The molecule has 0 spiro atoms. The van der Waals surface area contributed by atoms with Crippen LogP contribution in [0.5, 0.6) is 0 Å². The SMILES string of the molecule is CC1CCCCC(Br)CCC1. The molecule has 0 heterocycles. The minimum atomic E-state index is 0.813. The Morgan fingerprint density at radius 3 is 2.27 bits per heavy atom. The molecule has 1 rings (SSSR count). The van der Waals surface area contributed by atoms with Crippen molar-refractivity contribution >= 4 is 15.9 Å². The second-order valence-corrected chi connectivity index (χ2v) is 5.21. The molecule has 0 aliphatic heterocycles. The third kappa shape index (κ3) is 4.15. The van der Waals surface area contributed by atoms with Gasteiger partial charge in [-0.05, 0) is 18.8 Å². The Labute approximate surface area is 78.9 Å². The van der Waals surface area contributed by atoms with Gasteiger partial charge in [-0.1, -0.05) is 55.0 Å². The van der Waals surface area contributed by atoms with Gasteiger partial charge in [-0.3, -0.25) is 0 Å². The van der Waals surface area contributed by atoms with E-state index in [2.05, 4.69) is 22.9 Å². The predicted molar refractivity (Wildman–Crippen MR) is 54.2 cm³/mol. The van der Waals surface area contributed by atoms with Gasteiger partial charge in [-0.2, -0.15) is 0 Å². The van der Waals surface area contributed by atoms with Crippen LogP contribution in [-0.4, -0.2) is 4.83 Å². The Morgan fingerprint density at radius 1 is 0.909 bits per heavy atom. The fourth-order valence-electron chi connectivity index (χ4n) is 1.84. The van der Waals surface area contributed by atoms with E-state index in [9.17, 15) is 0 Å². The van der Waals surface area contributed by atoms with E-state index >= 15 is 0 Å². The molecule has 0 N–H and O–H groups in total. The summed E-state index contributed by atoms with van der Waals surface area (Å²) < 4.78 is 0. The molecule has 66 valence electrons. The second kappa shape index (κ2) is 5.18. The van der Waals surface area contributed by atoms with Gasteiger partial charge >= 0.3 is 0 Å². The lowest BCUT2D eigenvalue weighted by molar-refractivity contribution is 0.465. The number of alkyl halides is 1. The van der Waals surface area contributed by atoms with Crippen molar-refractivity contribution in [3.63, 3.8) is 0 Å². The third-order valence-corrected chi connectivity index (χ3v) is 3.59. The van der Waals surface area contributed by atoms with Crippen LogP contribution in [-0.2, 0) is 0 Å². The second-order valence-electron chi connectivity index (χ2n) is 3.92. The molecule has 0 bridgehead atoms. The summed E-state index contributed by atoms with van der Waals surface area (Å²) in [5, 5.41) is 0. The molecule has 0 aromatic rings. The Morgan fingerprint density at radius 2 is 1.45 bits per heavy atom. The fraction of sp³-hybridized carbons (Fsp3) is 1.00. The maximum atomic E-state index is 3.73. The van der Waals surface area contributed by atoms with Gasteiger partial charge in [0.2, 0.25) is 0 Å². The molecule has 1 saturated carbocycles. The summed E-state index contributed by atoms with van der Waals surface area (Å²) in [6.45, 7) is 2.40. The third-order valence-electron chi connectivity index (χ3n) is 2.68. The molecule has 0 radical (unpaired) electrons. The minimum absolute atomic E-state index is 0.813. The van der Waals surface area contributed by atoms with Crippen LogP contribution in [0.15, 0.2) is 0 Å². The summed E-state index contributed by atoms with van der Waals surface area (Å²) in [7, 11) is 0. The molecular weight excluding hydrogens is 200 g/mol. The molecule has 0 nitrogen and oxygen atoms in total. The lowest BCUT2D eigenvalue weighted by atomic mass is 9.99. The van der Waals surface area contributed by atoms with E-state index in [1.165, 1.54) is 44.9 Å². The van der Waals surface area contributed by atoms with E-state index in [1.807, 2.05) is 0 Å². The van der Waals surface area contributed by atoms with Crippen molar-refractivity contribution < 1.29 is 0 Å². The van der Waals surface area contributed by atoms with Crippen LogP contribution in [0, 0.1) is 5.92 Å². The first-order valence-electron chi connectivity index (χ1n) is 4.93. The largest absolute Gasteiger partial charge is 0.0891 e. The van der Waals surface area contributed by atoms with Crippen LogP contribution < -0.4 is 0 Å². The topological polar surface area (TPSA) is 0 Å². The molecule has 2 unspecified atom stereocenters. The lowest BCUT2D eigenvalue weighted by Gasteiger charge is -2.07. The first kappa shape index (κ1) is 9.57. The highest BCUT2D eigenvalue weighted by molar-refractivity contribution is 9.09. The normalized spacial score (nSPS) is 35.5. The highest BCUT2D eigenvalue weighted by atomic mass is 79.9. The Bertz CT molecular complexity index is 89.0. The Hall–Kier alpha value is 0.480. The molecule has 0 saturated heterocycles. The van der Waals surface area contributed by atoms with E-state index in [-0.39, 0.29) is 0 Å². The Kier molecular flexibility index (Phi) is 4.51. The van der Waals surface area contributed by atoms with Crippen LogP contribution >= 0.6 is 15.9 Å². The molecule has 0 aromatic heterocycles. The first-order valence-corrected chi connectivity index (χ1v) is 5.84. The summed E-state index contributed by atoms with van der Waals surface area (Å²) >= 11 is 3.73. The van der Waals surface area contributed by atoms with Crippen LogP contribution in [0.3, 0.4) is 0 Å². The van der Waals surface area contributed by atoms with Crippen LogP contribution in [0.25, 0.3) is 0 Å². The number of rotatable bonds is 0. The Balaban J connectivity index is 2.24. The van der Waals surface area contributed by atoms with E-state index in [0.29, 0.717) is 0 Å². The van der Waals surface area contributed by atoms with E-state index in [1.54, 1.807) is 0 Å². The zero-order chi connectivity index (χ0) is 8.10. The zero-order valence-corrected chi connectivity index (χ0v) is 9.07.